The summed E-state index contributed by atoms with van der Waals surface area (Å²) < 4.78 is 16.6. The summed E-state index contributed by atoms with van der Waals surface area (Å²) in [6, 6.07) is 0. The van der Waals surface area contributed by atoms with Crippen molar-refractivity contribution in [1.82, 2.24) is 0 Å². The zero-order valence-electron chi connectivity index (χ0n) is 11.2. The molecule has 2 rings (SSSR count). The molecule has 1 saturated carbocycles. The van der Waals surface area contributed by atoms with Crippen LogP contribution in [0.15, 0.2) is 0 Å². The van der Waals surface area contributed by atoms with E-state index >= 15 is 0 Å². The second kappa shape index (κ2) is 7.10. The molecule has 2 aliphatic rings. The Morgan fingerprint density at radius 2 is 1.94 bits per heavy atom. The number of carbonyl (C=O) groups is 1. The van der Waals surface area contributed by atoms with Gasteiger partial charge >= 0.3 is 5.97 Å². The lowest BCUT2D eigenvalue weighted by Crippen LogP contribution is -2.32. The quantitative estimate of drug-likeness (QED) is 0.725. The lowest BCUT2D eigenvalue weighted by atomic mass is 9.87. The first-order chi connectivity index (χ1) is 8.79. The van der Waals surface area contributed by atoms with E-state index in [1.54, 1.807) is 0 Å². The fourth-order valence-electron chi connectivity index (χ4n) is 2.73. The highest BCUT2D eigenvalue weighted by Crippen LogP contribution is 2.29. The highest BCUT2D eigenvalue weighted by molar-refractivity contribution is 5.72. The molecule has 1 saturated heterocycles. The normalized spacial score (nSPS) is 33.1. The van der Waals surface area contributed by atoms with Gasteiger partial charge in [0.05, 0.1) is 18.6 Å². The molecular weight excluding hydrogens is 232 g/mol. The highest BCUT2D eigenvalue weighted by Gasteiger charge is 2.29. The molecule has 4 heteroatoms. The number of carbonyl (C=O) groups excluding carboxylic acids is 1. The molecule has 0 bridgehead atoms. The van der Waals surface area contributed by atoms with Gasteiger partial charge in [-0.1, -0.05) is 0 Å². The van der Waals surface area contributed by atoms with Crippen LogP contribution in [0.3, 0.4) is 0 Å². The van der Waals surface area contributed by atoms with Gasteiger partial charge in [0.1, 0.15) is 0 Å². The van der Waals surface area contributed by atoms with Gasteiger partial charge < -0.3 is 14.2 Å². The van der Waals surface area contributed by atoms with Crippen molar-refractivity contribution < 1.29 is 19.0 Å². The molecule has 0 spiro atoms. The van der Waals surface area contributed by atoms with Gasteiger partial charge in [-0.2, -0.15) is 0 Å². The second-order valence-corrected chi connectivity index (χ2v) is 5.16. The molecule has 18 heavy (non-hydrogen) atoms. The molecule has 1 aliphatic carbocycles. The summed E-state index contributed by atoms with van der Waals surface area (Å²) in [6.07, 6.45) is 7.27. The summed E-state index contributed by atoms with van der Waals surface area (Å²) in [4.78, 5) is 11.6. The van der Waals surface area contributed by atoms with E-state index < -0.39 is 0 Å². The Bertz CT molecular complexity index is 253. The van der Waals surface area contributed by atoms with Crippen LogP contribution in [0.25, 0.3) is 0 Å². The molecule has 104 valence electrons. The summed E-state index contributed by atoms with van der Waals surface area (Å²) in [5.74, 6) is 0.0435. The third-order valence-electron chi connectivity index (χ3n) is 3.78. The average Bonchev–Trinajstić information content (AvgIpc) is 2.41. The van der Waals surface area contributed by atoms with Gasteiger partial charge in [-0.15, -0.1) is 0 Å². The average molecular weight is 256 g/mol. The first-order valence-electron chi connectivity index (χ1n) is 7.23. The molecule has 0 aromatic heterocycles. The zero-order chi connectivity index (χ0) is 12.8. The van der Waals surface area contributed by atoms with Crippen molar-refractivity contribution in [2.24, 2.45) is 5.92 Å². The van der Waals surface area contributed by atoms with Crippen LogP contribution in [0.4, 0.5) is 0 Å². The van der Waals surface area contributed by atoms with Crippen LogP contribution < -0.4 is 0 Å². The third kappa shape index (κ3) is 3.95. The third-order valence-corrected chi connectivity index (χ3v) is 3.78. The van der Waals surface area contributed by atoms with E-state index in [1.807, 2.05) is 6.92 Å². The molecule has 1 heterocycles. The molecule has 0 radical (unpaired) electrons. The topological polar surface area (TPSA) is 44.8 Å². The van der Waals surface area contributed by atoms with Gasteiger partial charge in [0.25, 0.3) is 0 Å². The van der Waals surface area contributed by atoms with E-state index in [9.17, 15) is 4.79 Å². The molecule has 0 aromatic rings. The lowest BCUT2D eigenvalue weighted by Gasteiger charge is -2.31. The van der Waals surface area contributed by atoms with Crippen molar-refractivity contribution in [3.05, 3.63) is 0 Å². The van der Waals surface area contributed by atoms with Crippen molar-refractivity contribution in [3.63, 3.8) is 0 Å². The maximum Gasteiger partial charge on any atom is 0.308 e. The fraction of sp³-hybridized carbons (Fsp3) is 0.929. The standard InChI is InChI=1S/C14H24O4/c1-2-16-14(15)11-6-8-12(9-7-11)18-13-5-3-4-10-17-13/h11-13H,2-10H2,1H3. The maximum absolute atomic E-state index is 11.6. The number of hydrogen-bond donors (Lipinski definition) is 0. The Morgan fingerprint density at radius 1 is 1.17 bits per heavy atom. The van der Waals surface area contributed by atoms with Gasteiger partial charge in [0.15, 0.2) is 6.29 Å². The van der Waals surface area contributed by atoms with Crippen LogP contribution in [0.1, 0.15) is 51.9 Å². The number of hydrogen-bond acceptors (Lipinski definition) is 4. The number of esters is 1. The van der Waals surface area contributed by atoms with E-state index in [4.69, 9.17) is 14.2 Å². The highest BCUT2D eigenvalue weighted by atomic mass is 16.7. The molecule has 0 N–H and O–H groups in total. The maximum atomic E-state index is 11.6. The fourth-order valence-corrected chi connectivity index (χ4v) is 2.73. The molecule has 1 unspecified atom stereocenters. The van der Waals surface area contributed by atoms with Crippen LogP contribution in [0.2, 0.25) is 0 Å². The van der Waals surface area contributed by atoms with Gasteiger partial charge in [0.2, 0.25) is 0 Å². The Morgan fingerprint density at radius 3 is 2.56 bits per heavy atom. The van der Waals surface area contributed by atoms with E-state index in [1.165, 1.54) is 6.42 Å². The summed E-state index contributed by atoms with van der Waals surface area (Å²) >= 11 is 0. The van der Waals surface area contributed by atoms with E-state index in [2.05, 4.69) is 0 Å². The molecule has 0 amide bonds. The van der Waals surface area contributed by atoms with E-state index in [0.717, 1.165) is 45.1 Å². The first-order valence-corrected chi connectivity index (χ1v) is 7.23. The molecule has 4 nitrogen and oxygen atoms in total. The molecule has 0 aromatic carbocycles. The summed E-state index contributed by atoms with van der Waals surface area (Å²) in [5.41, 5.74) is 0. The Labute approximate surface area is 109 Å². The smallest absolute Gasteiger partial charge is 0.308 e. The first kappa shape index (κ1) is 13.8. The minimum absolute atomic E-state index is 0.0112. The minimum atomic E-state index is -0.0372. The van der Waals surface area contributed by atoms with E-state index in [0.29, 0.717) is 6.61 Å². The van der Waals surface area contributed by atoms with Crippen LogP contribution in [-0.2, 0) is 19.0 Å². The number of ether oxygens (including phenoxy) is 3. The molecule has 1 aliphatic heterocycles. The van der Waals surface area contributed by atoms with Crippen LogP contribution in [0, 0.1) is 5.92 Å². The summed E-state index contributed by atoms with van der Waals surface area (Å²) in [7, 11) is 0. The molecule has 2 fully saturated rings. The Balaban J connectivity index is 1.68. The SMILES string of the molecule is CCOC(=O)C1CCC(OC2CCCCO2)CC1. The van der Waals surface area contributed by atoms with Crippen LogP contribution in [-0.4, -0.2) is 31.6 Å². The predicted molar refractivity (Wildman–Crippen MR) is 67.1 cm³/mol. The van der Waals surface area contributed by atoms with Gasteiger partial charge in [-0.05, 0) is 51.9 Å². The van der Waals surface area contributed by atoms with Crippen molar-refractivity contribution in [2.75, 3.05) is 13.2 Å². The van der Waals surface area contributed by atoms with Crippen molar-refractivity contribution >= 4 is 5.97 Å². The lowest BCUT2D eigenvalue weighted by molar-refractivity contribution is -0.195. The van der Waals surface area contributed by atoms with Crippen molar-refractivity contribution in [2.45, 2.75) is 64.3 Å². The molecular formula is C14H24O4. The Hall–Kier alpha value is -0.610. The summed E-state index contributed by atoms with van der Waals surface area (Å²) in [6.45, 7) is 3.15. The largest absolute Gasteiger partial charge is 0.466 e. The monoisotopic (exact) mass is 256 g/mol. The minimum Gasteiger partial charge on any atom is -0.466 e. The zero-order valence-corrected chi connectivity index (χ0v) is 11.2. The van der Waals surface area contributed by atoms with Gasteiger partial charge in [0, 0.05) is 6.61 Å². The van der Waals surface area contributed by atoms with Crippen LogP contribution >= 0.6 is 0 Å². The van der Waals surface area contributed by atoms with Crippen molar-refractivity contribution in [1.29, 1.82) is 0 Å². The predicted octanol–water partition coefficient (Wildman–Crippen LogP) is 2.65. The van der Waals surface area contributed by atoms with Crippen LogP contribution in [0.5, 0.6) is 0 Å². The molecule has 1 atom stereocenters. The van der Waals surface area contributed by atoms with Gasteiger partial charge in [-0.25, -0.2) is 0 Å². The van der Waals surface area contributed by atoms with Crippen molar-refractivity contribution in [3.8, 4) is 0 Å². The Kier molecular flexibility index (Phi) is 5.45. The van der Waals surface area contributed by atoms with E-state index in [-0.39, 0.29) is 24.3 Å². The van der Waals surface area contributed by atoms with Gasteiger partial charge in [-0.3, -0.25) is 4.79 Å². The second-order valence-electron chi connectivity index (χ2n) is 5.16. The summed E-state index contributed by atoms with van der Waals surface area (Å²) in [5, 5.41) is 0. The number of rotatable bonds is 4.